The first-order valence-electron chi connectivity index (χ1n) is 19.8. The molecule has 8 unspecified atom stereocenters. The van der Waals surface area contributed by atoms with Gasteiger partial charge in [-0.25, -0.2) is 9.97 Å². The predicted octanol–water partition coefficient (Wildman–Crippen LogP) is 9.38. The molecule has 0 spiro atoms. The van der Waals surface area contributed by atoms with Gasteiger partial charge in [0.1, 0.15) is 11.6 Å². The third kappa shape index (κ3) is 3.92. The van der Waals surface area contributed by atoms with Crippen LogP contribution in [0.2, 0.25) is 0 Å². The van der Waals surface area contributed by atoms with Crippen molar-refractivity contribution in [3.8, 4) is 44.8 Å². The number of benzene rings is 3. The molecule has 8 aliphatic rings. The van der Waals surface area contributed by atoms with Crippen molar-refractivity contribution in [3.05, 3.63) is 94.8 Å². The van der Waals surface area contributed by atoms with E-state index in [1.165, 1.54) is 103 Å². The summed E-state index contributed by atoms with van der Waals surface area (Å²) in [6.45, 7) is 0. The lowest BCUT2D eigenvalue weighted by molar-refractivity contribution is 0.543. The number of nitrogens with zero attached hydrogens (tertiary/aromatic N) is 2. The van der Waals surface area contributed by atoms with E-state index in [-0.39, 0.29) is 0 Å². The van der Waals surface area contributed by atoms with Gasteiger partial charge in [0.2, 0.25) is 0 Å². The molecule has 13 rings (SSSR count). The van der Waals surface area contributed by atoms with Crippen molar-refractivity contribution in [2.45, 2.75) is 112 Å². The fourth-order valence-electron chi connectivity index (χ4n) is 12.2. The van der Waals surface area contributed by atoms with E-state index in [9.17, 15) is 0 Å². The van der Waals surface area contributed by atoms with E-state index < -0.39 is 0 Å². The number of H-pyrrole nitrogens is 2. The molecule has 4 saturated carbocycles. The van der Waals surface area contributed by atoms with Gasteiger partial charge < -0.3 is 20.6 Å². The predicted molar refractivity (Wildman–Crippen MR) is 196 cm³/mol. The van der Waals surface area contributed by atoms with E-state index in [1.807, 2.05) is 6.20 Å². The first kappa shape index (κ1) is 27.7. The van der Waals surface area contributed by atoms with Gasteiger partial charge in [0.15, 0.2) is 0 Å². The summed E-state index contributed by atoms with van der Waals surface area (Å²) < 4.78 is 0. The lowest BCUT2D eigenvalue weighted by Crippen LogP contribution is -2.18. The second-order valence-electron chi connectivity index (χ2n) is 17.4. The normalized spacial score (nSPS) is 34.6. The Bertz CT molecular complexity index is 2210. The van der Waals surface area contributed by atoms with Gasteiger partial charge in [0.05, 0.1) is 35.9 Å². The van der Waals surface area contributed by atoms with Crippen LogP contribution in [0, 0.1) is 11.8 Å². The molecule has 10 atom stereocenters. The van der Waals surface area contributed by atoms with Crippen LogP contribution >= 0.6 is 0 Å². The molecule has 2 aliphatic heterocycles. The third-order valence-electron chi connectivity index (χ3n) is 14.8. The van der Waals surface area contributed by atoms with Gasteiger partial charge in [-0.2, -0.15) is 0 Å². The number of rotatable bonds is 6. The summed E-state index contributed by atoms with van der Waals surface area (Å²) >= 11 is 0. The van der Waals surface area contributed by atoms with Crippen molar-refractivity contribution in [2.24, 2.45) is 11.8 Å². The number of aromatic nitrogens is 4. The quantitative estimate of drug-likeness (QED) is 0.147. The van der Waals surface area contributed by atoms with Crippen LogP contribution in [0.25, 0.3) is 44.8 Å². The van der Waals surface area contributed by atoms with Crippen LogP contribution in [0.15, 0.2) is 60.9 Å². The molecule has 0 radical (unpaired) electrons. The Labute approximate surface area is 293 Å². The fraction of sp³-hybridized carbons (Fsp3) is 0.455. The molecule has 2 saturated heterocycles. The third-order valence-corrected chi connectivity index (χ3v) is 14.8. The van der Waals surface area contributed by atoms with Gasteiger partial charge in [-0.15, -0.1) is 0 Å². The smallest absolute Gasteiger partial charge is 0.123 e. The Morgan fingerprint density at radius 3 is 1.46 bits per heavy atom. The van der Waals surface area contributed by atoms with Crippen LogP contribution in [0.1, 0.15) is 134 Å². The lowest BCUT2D eigenvalue weighted by atomic mass is 9.77. The topological polar surface area (TPSA) is 81.4 Å². The number of nitrogens with one attached hydrogen (secondary N) is 4. The summed E-state index contributed by atoms with van der Waals surface area (Å²) in [7, 11) is 0. The Morgan fingerprint density at radius 1 is 0.440 bits per heavy atom. The van der Waals surface area contributed by atoms with Crippen LogP contribution in [0.4, 0.5) is 0 Å². The molecule has 6 aliphatic carbocycles. The summed E-state index contributed by atoms with van der Waals surface area (Å²) in [5.74, 6) is 6.72. The molecule has 5 aromatic rings. The Kier molecular flexibility index (Phi) is 5.46. The molecule has 6 fully saturated rings. The highest BCUT2D eigenvalue weighted by Crippen LogP contribution is 2.62. The molecule has 2 aromatic heterocycles. The molecule has 4 bridgehead atoms. The van der Waals surface area contributed by atoms with Crippen molar-refractivity contribution in [3.63, 3.8) is 0 Å². The van der Waals surface area contributed by atoms with Crippen LogP contribution in [-0.2, 0) is 0 Å². The molecule has 6 nitrogen and oxygen atoms in total. The number of imidazole rings is 2. The van der Waals surface area contributed by atoms with Crippen LogP contribution in [0.5, 0.6) is 0 Å². The highest BCUT2D eigenvalue weighted by molar-refractivity contribution is 5.85. The Morgan fingerprint density at radius 2 is 0.900 bits per heavy atom. The number of piperidine rings is 2. The molecule has 3 aromatic carbocycles. The van der Waals surface area contributed by atoms with E-state index in [4.69, 9.17) is 9.97 Å². The zero-order chi connectivity index (χ0) is 32.2. The van der Waals surface area contributed by atoms with Crippen molar-refractivity contribution in [2.75, 3.05) is 0 Å². The van der Waals surface area contributed by atoms with Crippen molar-refractivity contribution in [1.82, 2.24) is 30.6 Å². The highest BCUT2D eigenvalue weighted by Gasteiger charge is 2.48. The summed E-state index contributed by atoms with van der Waals surface area (Å²) in [6, 6.07) is 21.5. The molecular formula is C44H44N6. The summed E-state index contributed by atoms with van der Waals surface area (Å²) in [6.07, 6.45) is 17.3. The second-order valence-corrected chi connectivity index (χ2v) is 17.4. The Hall–Kier alpha value is -4.00. The van der Waals surface area contributed by atoms with Gasteiger partial charge in [-0.3, -0.25) is 0 Å². The molecule has 4 heterocycles. The first-order chi connectivity index (χ1) is 24.7. The van der Waals surface area contributed by atoms with Crippen molar-refractivity contribution < 1.29 is 0 Å². The zero-order valence-corrected chi connectivity index (χ0v) is 28.5. The number of fused-ring (bicyclic) bond motifs is 12. The number of hydrogen-bond acceptors (Lipinski definition) is 4. The Balaban J connectivity index is 0.864. The number of hydrogen-bond donors (Lipinski definition) is 4. The van der Waals surface area contributed by atoms with Crippen molar-refractivity contribution in [1.29, 1.82) is 0 Å². The largest absolute Gasteiger partial charge is 0.341 e. The van der Waals surface area contributed by atoms with E-state index in [0.717, 1.165) is 41.3 Å². The second kappa shape index (κ2) is 9.86. The maximum Gasteiger partial charge on any atom is 0.123 e. The minimum absolute atomic E-state index is 0.388. The summed E-state index contributed by atoms with van der Waals surface area (Å²) in [5, 5.41) is 7.53. The van der Waals surface area contributed by atoms with Crippen LogP contribution in [0.3, 0.4) is 0 Å². The summed E-state index contributed by atoms with van der Waals surface area (Å²) in [4.78, 5) is 17.1. The van der Waals surface area contributed by atoms with Crippen LogP contribution < -0.4 is 10.6 Å². The molecule has 0 amide bonds. The molecule has 50 heavy (non-hydrogen) atoms. The van der Waals surface area contributed by atoms with Gasteiger partial charge in [-0.1, -0.05) is 48.5 Å². The van der Waals surface area contributed by atoms with Gasteiger partial charge in [-0.05, 0) is 150 Å². The molecule has 6 heteroatoms. The van der Waals surface area contributed by atoms with E-state index >= 15 is 0 Å². The van der Waals surface area contributed by atoms with E-state index in [2.05, 4.69) is 75.3 Å². The van der Waals surface area contributed by atoms with E-state index in [0.29, 0.717) is 35.8 Å². The minimum Gasteiger partial charge on any atom is -0.341 e. The van der Waals surface area contributed by atoms with Crippen LogP contribution in [-0.4, -0.2) is 32.0 Å². The average Bonchev–Trinajstić information content (AvgIpc) is 3.83. The average molecular weight is 657 g/mol. The standard InChI is InChI=1S/C44H44N6/c1-3-22(37-19-45-43(49-37)35-17-27-15-33(27)47-35)4-2-21(1)29-9-10-30(40-24-6-5-23(13-24)39(29)40)31-11-12-32(42-26-8-7-25(14-26)41(31)42)38-20-46-44(50-38)36-18-28-16-34(28)48-36/h1-4,9-12,19-20,23-28,33-36,47-48H,5-8,13-18H2,(H,45,49)(H,46,50)/t23?,24?,25?,26?,27?,28?,33?,34?,35-,36-/m0/s1. The zero-order valence-electron chi connectivity index (χ0n) is 28.5. The lowest BCUT2D eigenvalue weighted by Gasteiger charge is -2.27. The van der Waals surface area contributed by atoms with E-state index in [1.54, 1.807) is 22.3 Å². The molecule has 4 N–H and O–H groups in total. The summed E-state index contributed by atoms with van der Waals surface area (Å²) in [5.41, 5.74) is 17.5. The van der Waals surface area contributed by atoms with Gasteiger partial charge in [0, 0.05) is 17.6 Å². The van der Waals surface area contributed by atoms with Crippen molar-refractivity contribution >= 4 is 0 Å². The fourth-order valence-corrected chi connectivity index (χ4v) is 12.2. The maximum absolute atomic E-state index is 4.93. The highest BCUT2D eigenvalue weighted by atomic mass is 15.1. The molecule has 250 valence electrons. The SMILES string of the molecule is c1cc(-c2ccc(-c3ccc(-c4cnc([C@@H]5CC6CC6N5)[nH]4)c4c3C3CCC4C3)c3c2C2CCC3C2)ccc1-c1cnc([C@@H]2CC3CC3N2)[nH]1. The first-order valence-corrected chi connectivity index (χ1v) is 19.8. The van der Waals surface area contributed by atoms with Gasteiger partial charge >= 0.3 is 0 Å². The van der Waals surface area contributed by atoms with Gasteiger partial charge in [0.25, 0.3) is 0 Å². The number of aromatic amines is 2. The maximum atomic E-state index is 4.93. The monoisotopic (exact) mass is 656 g/mol. The molecular weight excluding hydrogens is 613 g/mol. The minimum atomic E-state index is 0.388.